The van der Waals surface area contributed by atoms with Crippen molar-refractivity contribution in [3.63, 3.8) is 0 Å². The lowest BCUT2D eigenvalue weighted by Crippen LogP contribution is -2.23. The minimum Gasteiger partial charge on any atom is -0.482 e. The number of cyclic esters (lactones) is 1. The monoisotopic (exact) mass is 380 g/mol. The molecule has 1 heterocycles. The average molecular weight is 380 g/mol. The van der Waals surface area contributed by atoms with Crippen LogP contribution < -0.4 is 15.0 Å². The number of amides is 2. The number of halogens is 3. The summed E-state index contributed by atoms with van der Waals surface area (Å²) < 4.78 is 46.6. The molecular formula is C18H15F3N2O4. The number of hydrogen-bond acceptors (Lipinski definition) is 4. The van der Waals surface area contributed by atoms with Crippen molar-refractivity contribution < 1.29 is 32.2 Å². The number of rotatable bonds is 5. The Kier molecular flexibility index (Phi) is 5.20. The molecule has 2 aromatic carbocycles. The molecule has 1 saturated heterocycles. The molecule has 0 atom stereocenters. The van der Waals surface area contributed by atoms with Gasteiger partial charge in [0.25, 0.3) is 5.91 Å². The van der Waals surface area contributed by atoms with Gasteiger partial charge in [0.1, 0.15) is 12.4 Å². The fourth-order valence-corrected chi connectivity index (χ4v) is 2.47. The zero-order valence-corrected chi connectivity index (χ0v) is 14.0. The molecule has 0 radical (unpaired) electrons. The van der Waals surface area contributed by atoms with Gasteiger partial charge in [-0.15, -0.1) is 0 Å². The summed E-state index contributed by atoms with van der Waals surface area (Å²) in [5.74, 6) is -0.604. The van der Waals surface area contributed by atoms with Gasteiger partial charge in [0, 0.05) is 11.3 Å². The van der Waals surface area contributed by atoms with E-state index in [2.05, 4.69) is 5.32 Å². The molecule has 27 heavy (non-hydrogen) atoms. The molecule has 6 nitrogen and oxygen atoms in total. The van der Waals surface area contributed by atoms with E-state index in [0.29, 0.717) is 18.8 Å². The van der Waals surface area contributed by atoms with E-state index in [1.807, 2.05) is 0 Å². The van der Waals surface area contributed by atoms with Crippen LogP contribution in [0.2, 0.25) is 0 Å². The van der Waals surface area contributed by atoms with Crippen molar-refractivity contribution >= 4 is 23.4 Å². The van der Waals surface area contributed by atoms with Gasteiger partial charge >= 0.3 is 12.3 Å². The van der Waals surface area contributed by atoms with Gasteiger partial charge in [-0.05, 0) is 36.4 Å². The molecule has 0 aliphatic carbocycles. The third kappa shape index (κ3) is 4.69. The molecule has 0 unspecified atom stereocenters. The summed E-state index contributed by atoms with van der Waals surface area (Å²) in [6.45, 7) is -0.732. The highest BCUT2D eigenvalue weighted by Crippen LogP contribution is 2.27. The predicted molar refractivity (Wildman–Crippen MR) is 91.1 cm³/mol. The fourth-order valence-electron chi connectivity index (χ4n) is 2.47. The molecule has 1 N–H and O–H groups in total. The SMILES string of the molecule is O=C(Nc1ccccc1OCC(F)(F)F)c1ccc(N2CCOC2=O)cc1. The van der Waals surface area contributed by atoms with Crippen LogP contribution in [0.1, 0.15) is 10.4 Å². The number of carbonyl (C=O) groups is 2. The predicted octanol–water partition coefficient (Wildman–Crippen LogP) is 3.84. The Balaban J connectivity index is 1.69. The average Bonchev–Trinajstić information content (AvgIpc) is 3.06. The number of anilines is 2. The van der Waals surface area contributed by atoms with Crippen LogP contribution in [0, 0.1) is 0 Å². The second kappa shape index (κ2) is 7.56. The second-order valence-electron chi connectivity index (χ2n) is 5.67. The highest BCUT2D eigenvalue weighted by atomic mass is 19.4. The van der Waals surface area contributed by atoms with E-state index in [-0.39, 0.29) is 17.0 Å². The molecule has 0 spiro atoms. The van der Waals surface area contributed by atoms with E-state index >= 15 is 0 Å². The van der Waals surface area contributed by atoms with E-state index in [0.717, 1.165) is 0 Å². The summed E-state index contributed by atoms with van der Waals surface area (Å²) in [6.07, 6.45) is -4.94. The molecule has 0 bridgehead atoms. The summed E-state index contributed by atoms with van der Waals surface area (Å²) in [5.41, 5.74) is 0.985. The van der Waals surface area contributed by atoms with Gasteiger partial charge in [0.15, 0.2) is 6.61 Å². The van der Waals surface area contributed by atoms with Crippen molar-refractivity contribution in [2.45, 2.75) is 6.18 Å². The Morgan fingerprint density at radius 1 is 1.15 bits per heavy atom. The number of benzene rings is 2. The summed E-state index contributed by atoms with van der Waals surface area (Å²) >= 11 is 0. The molecular weight excluding hydrogens is 365 g/mol. The zero-order valence-electron chi connectivity index (χ0n) is 14.0. The van der Waals surface area contributed by atoms with E-state index in [4.69, 9.17) is 9.47 Å². The standard InChI is InChI=1S/C18H15F3N2O4/c19-18(20,21)11-27-15-4-2-1-3-14(15)22-16(24)12-5-7-13(8-6-12)23-9-10-26-17(23)25/h1-8H,9-11H2,(H,22,24). The van der Waals surface area contributed by atoms with E-state index in [9.17, 15) is 22.8 Å². The summed E-state index contributed by atoms with van der Waals surface area (Å²) in [5, 5.41) is 2.52. The van der Waals surface area contributed by atoms with Crippen molar-refractivity contribution in [2.75, 3.05) is 30.0 Å². The molecule has 1 aliphatic rings. The van der Waals surface area contributed by atoms with Crippen LogP contribution in [0.15, 0.2) is 48.5 Å². The Labute approximate surface area is 152 Å². The zero-order chi connectivity index (χ0) is 19.4. The highest BCUT2D eigenvalue weighted by molar-refractivity contribution is 6.05. The molecule has 142 valence electrons. The Hall–Kier alpha value is -3.23. The van der Waals surface area contributed by atoms with Crippen molar-refractivity contribution in [1.29, 1.82) is 0 Å². The van der Waals surface area contributed by atoms with Crippen LogP contribution in [-0.4, -0.2) is 37.9 Å². The largest absolute Gasteiger partial charge is 0.482 e. The van der Waals surface area contributed by atoms with Gasteiger partial charge in [-0.3, -0.25) is 9.69 Å². The summed E-state index contributed by atoms with van der Waals surface area (Å²) in [6, 6.07) is 12.1. The lowest BCUT2D eigenvalue weighted by molar-refractivity contribution is -0.153. The van der Waals surface area contributed by atoms with Crippen LogP contribution >= 0.6 is 0 Å². The smallest absolute Gasteiger partial charge is 0.422 e. The fraction of sp³-hybridized carbons (Fsp3) is 0.222. The number of hydrogen-bond donors (Lipinski definition) is 1. The maximum atomic E-state index is 12.4. The molecule has 3 rings (SSSR count). The number of nitrogens with zero attached hydrogens (tertiary/aromatic N) is 1. The number of alkyl halides is 3. The van der Waals surface area contributed by atoms with Crippen molar-refractivity contribution in [1.82, 2.24) is 0 Å². The van der Waals surface area contributed by atoms with Gasteiger partial charge in [-0.25, -0.2) is 4.79 Å². The maximum Gasteiger partial charge on any atom is 0.422 e. The summed E-state index contributed by atoms with van der Waals surface area (Å²) in [4.78, 5) is 25.3. The first-order valence-corrected chi connectivity index (χ1v) is 7.98. The molecule has 2 amide bonds. The minimum atomic E-state index is -4.48. The van der Waals surface area contributed by atoms with Crippen LogP contribution in [0.4, 0.5) is 29.3 Å². The number of ether oxygens (including phenoxy) is 2. The highest BCUT2D eigenvalue weighted by Gasteiger charge is 2.29. The molecule has 1 aliphatic heterocycles. The molecule has 2 aromatic rings. The van der Waals surface area contributed by atoms with Gasteiger partial charge in [-0.2, -0.15) is 13.2 Å². The molecule has 9 heteroatoms. The maximum absolute atomic E-state index is 12.4. The van der Waals surface area contributed by atoms with Gasteiger partial charge < -0.3 is 14.8 Å². The number of carbonyl (C=O) groups excluding carboxylic acids is 2. The first-order chi connectivity index (χ1) is 12.8. The lowest BCUT2D eigenvalue weighted by Gasteiger charge is -2.15. The first-order valence-electron chi connectivity index (χ1n) is 7.98. The lowest BCUT2D eigenvalue weighted by atomic mass is 10.1. The van der Waals surface area contributed by atoms with Crippen LogP contribution in [-0.2, 0) is 4.74 Å². The van der Waals surface area contributed by atoms with Crippen LogP contribution in [0.25, 0.3) is 0 Å². The van der Waals surface area contributed by atoms with E-state index in [1.54, 1.807) is 18.2 Å². The van der Waals surface area contributed by atoms with Crippen LogP contribution in [0.3, 0.4) is 0 Å². The van der Waals surface area contributed by atoms with Crippen molar-refractivity contribution in [3.05, 3.63) is 54.1 Å². The van der Waals surface area contributed by atoms with Gasteiger partial charge in [-0.1, -0.05) is 12.1 Å². The minimum absolute atomic E-state index is 0.0837. The third-order valence-electron chi connectivity index (χ3n) is 3.73. The summed E-state index contributed by atoms with van der Waals surface area (Å²) in [7, 11) is 0. The molecule has 0 saturated carbocycles. The Morgan fingerprint density at radius 3 is 2.48 bits per heavy atom. The second-order valence-corrected chi connectivity index (χ2v) is 5.67. The normalized spacial score (nSPS) is 14.0. The Morgan fingerprint density at radius 2 is 1.85 bits per heavy atom. The number of nitrogens with one attached hydrogen (secondary N) is 1. The quantitative estimate of drug-likeness (QED) is 0.856. The molecule has 1 fully saturated rings. The van der Waals surface area contributed by atoms with E-state index < -0.39 is 24.8 Å². The van der Waals surface area contributed by atoms with Crippen molar-refractivity contribution in [3.8, 4) is 5.75 Å². The topological polar surface area (TPSA) is 67.9 Å². The van der Waals surface area contributed by atoms with Gasteiger partial charge in [0.2, 0.25) is 0 Å². The Bertz CT molecular complexity index is 837. The molecule has 0 aromatic heterocycles. The van der Waals surface area contributed by atoms with Crippen molar-refractivity contribution in [2.24, 2.45) is 0 Å². The van der Waals surface area contributed by atoms with Crippen LogP contribution in [0.5, 0.6) is 5.75 Å². The number of para-hydroxylation sites is 2. The van der Waals surface area contributed by atoms with Gasteiger partial charge in [0.05, 0.1) is 12.2 Å². The van der Waals surface area contributed by atoms with E-state index in [1.165, 1.54) is 35.2 Å². The first kappa shape index (κ1) is 18.6. The third-order valence-corrected chi connectivity index (χ3v) is 3.73.